The van der Waals surface area contributed by atoms with Gasteiger partial charge in [0.2, 0.25) is 0 Å². The van der Waals surface area contributed by atoms with E-state index < -0.39 is 5.97 Å². The summed E-state index contributed by atoms with van der Waals surface area (Å²) in [4.78, 5) is 15.6. The second-order valence-electron chi connectivity index (χ2n) is 9.29. The molecule has 6 heteroatoms. The summed E-state index contributed by atoms with van der Waals surface area (Å²) in [6.45, 7) is 4.98. The van der Waals surface area contributed by atoms with Crippen molar-refractivity contribution in [1.82, 2.24) is 9.55 Å². The minimum atomic E-state index is -0.733. The van der Waals surface area contributed by atoms with Gasteiger partial charge in [0.1, 0.15) is 5.82 Å². The molecule has 0 saturated carbocycles. The van der Waals surface area contributed by atoms with Crippen LogP contribution >= 0.6 is 23.2 Å². The maximum Gasteiger partial charge on any atom is 0.303 e. The molecule has 1 N–H and O–H groups in total. The third-order valence-corrected chi connectivity index (χ3v) is 6.96. The molecule has 1 heterocycles. The summed E-state index contributed by atoms with van der Waals surface area (Å²) >= 11 is 12.4. The quantitative estimate of drug-likeness (QED) is 0.222. The molecule has 4 aromatic rings. The number of carbonyl (C=O) groups is 1. The summed E-state index contributed by atoms with van der Waals surface area (Å²) in [5, 5.41) is 10.1. The lowest BCUT2D eigenvalue weighted by molar-refractivity contribution is -0.137. The summed E-state index contributed by atoms with van der Waals surface area (Å²) in [7, 11) is 0. The number of aryl methyl sites for hydroxylation is 1. The van der Waals surface area contributed by atoms with Gasteiger partial charge < -0.3 is 9.67 Å². The monoisotopic (exact) mass is 532 g/mol. The van der Waals surface area contributed by atoms with Gasteiger partial charge in [0.05, 0.1) is 10.7 Å². The van der Waals surface area contributed by atoms with Gasteiger partial charge in [-0.1, -0.05) is 84.7 Å². The van der Waals surface area contributed by atoms with Gasteiger partial charge >= 0.3 is 5.97 Å². The van der Waals surface area contributed by atoms with E-state index in [1.165, 1.54) is 5.56 Å². The van der Waals surface area contributed by atoms with Crippen molar-refractivity contribution in [2.24, 2.45) is 5.92 Å². The highest BCUT2D eigenvalue weighted by atomic mass is 35.5. The molecule has 1 aromatic heterocycles. The Hall–Kier alpha value is -3.34. The van der Waals surface area contributed by atoms with Crippen molar-refractivity contribution in [3.63, 3.8) is 0 Å². The topological polar surface area (TPSA) is 55.1 Å². The number of carboxylic acid groups (broad SMARTS) is 1. The van der Waals surface area contributed by atoms with Crippen LogP contribution in [0.25, 0.3) is 34.5 Å². The Morgan fingerprint density at radius 1 is 1.00 bits per heavy atom. The second-order valence-corrected chi connectivity index (χ2v) is 10.1. The first-order chi connectivity index (χ1) is 17.8. The van der Waals surface area contributed by atoms with Crippen molar-refractivity contribution in [2.75, 3.05) is 0 Å². The van der Waals surface area contributed by atoms with Gasteiger partial charge in [0, 0.05) is 29.7 Å². The van der Waals surface area contributed by atoms with E-state index in [4.69, 9.17) is 33.3 Å². The van der Waals surface area contributed by atoms with Gasteiger partial charge in [0.25, 0.3) is 0 Å². The van der Waals surface area contributed by atoms with Gasteiger partial charge in [-0.15, -0.1) is 0 Å². The number of halogens is 2. The molecule has 190 valence electrons. The minimum absolute atomic E-state index is 0.220. The molecule has 1 atom stereocenters. The molecule has 0 aliphatic rings. The first-order valence-electron chi connectivity index (χ1n) is 12.4. The Balaban J connectivity index is 1.43. The number of benzene rings is 3. The zero-order chi connectivity index (χ0) is 26.4. The van der Waals surface area contributed by atoms with Crippen LogP contribution in [0.5, 0.6) is 0 Å². The first-order valence-corrected chi connectivity index (χ1v) is 13.2. The summed E-state index contributed by atoms with van der Waals surface area (Å²) in [5.41, 5.74) is 6.30. The van der Waals surface area contributed by atoms with Crippen LogP contribution in [-0.2, 0) is 17.8 Å². The summed E-state index contributed by atoms with van der Waals surface area (Å²) in [6.07, 6.45) is 7.89. The molecule has 3 aromatic carbocycles. The number of hydrogen-bond acceptors (Lipinski definition) is 2. The van der Waals surface area contributed by atoms with Gasteiger partial charge in [-0.2, -0.15) is 0 Å². The van der Waals surface area contributed by atoms with E-state index in [0.29, 0.717) is 22.4 Å². The van der Waals surface area contributed by atoms with Crippen LogP contribution in [0.3, 0.4) is 0 Å². The third kappa shape index (κ3) is 7.12. The molecule has 4 rings (SSSR count). The molecule has 0 aliphatic carbocycles. The number of nitrogens with zero attached hydrogens (tertiary/aromatic N) is 2. The second kappa shape index (κ2) is 12.3. The van der Waals surface area contributed by atoms with Crippen LogP contribution in [0.4, 0.5) is 0 Å². The van der Waals surface area contributed by atoms with Crippen molar-refractivity contribution in [3.05, 3.63) is 99.9 Å². The highest BCUT2D eigenvalue weighted by Gasteiger charge is 2.11. The predicted molar refractivity (Wildman–Crippen MR) is 154 cm³/mol. The maximum atomic E-state index is 10.8. The summed E-state index contributed by atoms with van der Waals surface area (Å²) in [6, 6.07) is 22.4. The van der Waals surface area contributed by atoms with Crippen LogP contribution in [0.15, 0.2) is 72.9 Å². The van der Waals surface area contributed by atoms with Crippen LogP contribution in [-0.4, -0.2) is 20.6 Å². The average molecular weight is 533 g/mol. The van der Waals surface area contributed by atoms with E-state index in [9.17, 15) is 4.79 Å². The molecule has 4 nitrogen and oxygen atoms in total. The number of imidazole rings is 1. The molecule has 1 unspecified atom stereocenters. The van der Waals surface area contributed by atoms with Crippen LogP contribution < -0.4 is 0 Å². The molecular formula is C31H30Cl2N2O2. The van der Waals surface area contributed by atoms with E-state index in [1.807, 2.05) is 24.4 Å². The lowest BCUT2D eigenvalue weighted by Crippen LogP contribution is -2.04. The van der Waals surface area contributed by atoms with Crippen LogP contribution in [0.1, 0.15) is 43.6 Å². The van der Waals surface area contributed by atoms with Crippen LogP contribution in [0, 0.1) is 5.92 Å². The van der Waals surface area contributed by atoms with Crippen molar-refractivity contribution in [3.8, 4) is 22.4 Å². The molecular weight excluding hydrogens is 503 g/mol. The largest absolute Gasteiger partial charge is 0.481 e. The zero-order valence-electron chi connectivity index (χ0n) is 21.0. The number of aliphatic carboxylic acids is 1. The molecule has 0 saturated heterocycles. The van der Waals surface area contributed by atoms with E-state index in [2.05, 4.69) is 73.0 Å². The number of hydrogen-bond donors (Lipinski definition) is 1. The Bertz CT molecular complexity index is 1390. The van der Waals surface area contributed by atoms with Crippen molar-refractivity contribution in [1.29, 1.82) is 0 Å². The smallest absolute Gasteiger partial charge is 0.303 e. The molecule has 0 bridgehead atoms. The fourth-order valence-corrected chi connectivity index (χ4v) is 4.81. The van der Waals surface area contributed by atoms with Gasteiger partial charge in [-0.25, -0.2) is 4.98 Å². The number of aromatic nitrogens is 2. The molecule has 0 fully saturated rings. The van der Waals surface area contributed by atoms with Crippen molar-refractivity contribution < 1.29 is 9.90 Å². The van der Waals surface area contributed by atoms with Gasteiger partial charge in [-0.3, -0.25) is 4.79 Å². The molecule has 0 aliphatic heterocycles. The minimum Gasteiger partial charge on any atom is -0.481 e. The summed E-state index contributed by atoms with van der Waals surface area (Å²) in [5.74, 6) is 0.472. The molecule has 0 radical (unpaired) electrons. The first kappa shape index (κ1) is 26.7. The van der Waals surface area contributed by atoms with E-state index in [-0.39, 0.29) is 6.42 Å². The van der Waals surface area contributed by atoms with E-state index in [0.717, 1.165) is 46.7 Å². The Morgan fingerprint density at radius 2 is 1.68 bits per heavy atom. The lowest BCUT2D eigenvalue weighted by Gasteiger charge is -2.11. The molecule has 0 spiro atoms. The lowest BCUT2D eigenvalue weighted by atomic mass is 9.95. The predicted octanol–water partition coefficient (Wildman–Crippen LogP) is 8.76. The molecule has 0 amide bonds. The fourth-order valence-electron chi connectivity index (χ4n) is 4.31. The standard InChI is InChI=1S/C31H30Cl2N2O2/c1-3-35-20-29(27-15-14-26(32)19-28(27)33)34-30(35)16-9-22-5-10-24(11-6-22)25-12-7-23(8-13-25)18-21(2)4-17-31(36)37/h5-16,19-21H,3-4,17-18H2,1-2H3,(H,36,37)/b16-9+. The Kier molecular flexibility index (Phi) is 8.86. The normalized spacial score (nSPS) is 12.2. The Morgan fingerprint density at radius 3 is 2.30 bits per heavy atom. The Labute approximate surface area is 228 Å². The number of rotatable bonds is 10. The third-order valence-electron chi connectivity index (χ3n) is 6.41. The van der Waals surface area contributed by atoms with Gasteiger partial charge in [-0.05, 0) is 72.2 Å². The van der Waals surface area contributed by atoms with Crippen molar-refractivity contribution in [2.45, 2.75) is 39.7 Å². The molecule has 37 heavy (non-hydrogen) atoms. The van der Waals surface area contributed by atoms with Crippen LogP contribution in [0.2, 0.25) is 10.0 Å². The highest BCUT2D eigenvalue weighted by molar-refractivity contribution is 6.36. The van der Waals surface area contributed by atoms with Gasteiger partial charge in [0.15, 0.2) is 0 Å². The zero-order valence-corrected chi connectivity index (χ0v) is 22.5. The van der Waals surface area contributed by atoms with E-state index in [1.54, 1.807) is 6.07 Å². The average Bonchev–Trinajstić information content (AvgIpc) is 3.30. The maximum absolute atomic E-state index is 10.8. The fraction of sp³-hybridized carbons (Fsp3) is 0.226. The highest BCUT2D eigenvalue weighted by Crippen LogP contribution is 2.30. The number of carboxylic acids is 1. The van der Waals surface area contributed by atoms with E-state index >= 15 is 0 Å². The van der Waals surface area contributed by atoms with Crippen molar-refractivity contribution >= 4 is 41.3 Å². The SMILES string of the molecule is CCn1cc(-c2ccc(Cl)cc2Cl)nc1/C=C/c1ccc(-c2ccc(CC(C)CCC(=O)O)cc2)cc1. The summed E-state index contributed by atoms with van der Waals surface area (Å²) < 4.78 is 2.09.